The molecule has 1 aromatic heterocycles. The minimum absolute atomic E-state index is 0.224. The third kappa shape index (κ3) is 2.80. The van der Waals surface area contributed by atoms with Crippen LogP contribution in [0.3, 0.4) is 0 Å². The molecule has 0 amide bonds. The van der Waals surface area contributed by atoms with Gasteiger partial charge in [-0.05, 0) is 18.2 Å². The Labute approximate surface area is 100 Å². The van der Waals surface area contributed by atoms with Gasteiger partial charge < -0.3 is 9.27 Å². The van der Waals surface area contributed by atoms with Crippen LogP contribution in [0, 0.1) is 0 Å². The van der Waals surface area contributed by atoms with Gasteiger partial charge >= 0.3 is 0 Å². The van der Waals surface area contributed by atoms with Gasteiger partial charge in [0.25, 0.3) is 5.56 Å². The number of benzene rings is 1. The highest BCUT2D eigenvalue weighted by Crippen LogP contribution is 2.09. The number of para-hydroxylation sites is 1. The first-order valence-corrected chi connectivity index (χ1v) is 5.88. The molecule has 88 valence electrons. The summed E-state index contributed by atoms with van der Waals surface area (Å²) in [4.78, 5) is 11.6. The van der Waals surface area contributed by atoms with Gasteiger partial charge in [-0.3, -0.25) is 13.6 Å². The van der Waals surface area contributed by atoms with Crippen molar-refractivity contribution in [2.24, 2.45) is 0 Å². The van der Waals surface area contributed by atoms with E-state index in [2.05, 4.69) is 4.72 Å². The average molecular weight is 249 g/mol. The number of rotatable bonds is 3. The maximum Gasteiger partial charge on any atom is 0.255 e. The number of hydrogen-bond acceptors (Lipinski definition) is 3. The van der Waals surface area contributed by atoms with Gasteiger partial charge in [-0.2, -0.15) is 0 Å². The fraction of sp³-hybridized carbons (Fsp3) is 0. The Bertz CT molecular complexity index is 595. The normalized spacial score (nSPS) is 12.1. The van der Waals surface area contributed by atoms with Gasteiger partial charge in [0.15, 0.2) is 0 Å². The maximum atomic E-state index is 11.6. The Hall–Kier alpha value is -1.92. The predicted molar refractivity (Wildman–Crippen MR) is 64.6 cm³/mol. The number of aromatic nitrogens is 1. The lowest BCUT2D eigenvalue weighted by Crippen LogP contribution is -2.17. The highest BCUT2D eigenvalue weighted by Gasteiger charge is 2.00. The van der Waals surface area contributed by atoms with Gasteiger partial charge in [0.1, 0.15) is 0 Å². The van der Waals surface area contributed by atoms with Crippen LogP contribution in [0.25, 0.3) is 5.69 Å². The lowest BCUT2D eigenvalue weighted by atomic mass is 10.3. The summed E-state index contributed by atoms with van der Waals surface area (Å²) in [6.45, 7) is 0. The molecule has 0 aliphatic carbocycles. The molecule has 17 heavy (non-hydrogen) atoms. The molecule has 0 spiro atoms. The van der Waals surface area contributed by atoms with Crippen molar-refractivity contribution in [3.63, 3.8) is 0 Å². The summed E-state index contributed by atoms with van der Waals surface area (Å²) in [6, 6.07) is 11.7. The average Bonchev–Trinajstić information content (AvgIpc) is 2.32. The maximum absolute atomic E-state index is 11.6. The SMILES string of the molecule is O=c1ccc(NS(=O)[O-])cn1-c1ccccc1. The second kappa shape index (κ2) is 4.94. The topological polar surface area (TPSA) is 74.2 Å². The van der Waals surface area contributed by atoms with Gasteiger partial charge in [0, 0.05) is 29.2 Å². The highest BCUT2D eigenvalue weighted by atomic mass is 32.2. The van der Waals surface area contributed by atoms with Gasteiger partial charge in [0.05, 0.1) is 5.69 Å². The molecule has 6 heteroatoms. The van der Waals surface area contributed by atoms with E-state index in [4.69, 9.17) is 0 Å². The van der Waals surface area contributed by atoms with Crippen molar-refractivity contribution >= 4 is 17.0 Å². The summed E-state index contributed by atoms with van der Waals surface area (Å²) in [6.07, 6.45) is 1.44. The first-order valence-electron chi connectivity index (χ1n) is 4.81. The van der Waals surface area contributed by atoms with E-state index in [1.165, 1.54) is 22.9 Å². The molecule has 0 aliphatic rings. The third-order valence-corrected chi connectivity index (χ3v) is 2.55. The fourth-order valence-corrected chi connectivity index (χ4v) is 1.75. The van der Waals surface area contributed by atoms with E-state index in [-0.39, 0.29) is 5.56 Å². The van der Waals surface area contributed by atoms with Crippen LogP contribution in [0.5, 0.6) is 0 Å². The first kappa shape index (κ1) is 11.6. The Morgan fingerprint density at radius 1 is 1.12 bits per heavy atom. The lowest BCUT2D eigenvalue weighted by molar-refractivity contribution is 0.542. The standard InChI is InChI=1S/C11H10N2O3S/c14-11-7-6-9(12-17(15)16)8-13(11)10-4-2-1-3-5-10/h1-8,12H,(H,15,16)/p-1. The monoisotopic (exact) mass is 249 g/mol. The van der Waals surface area contributed by atoms with Crippen LogP contribution in [0.2, 0.25) is 0 Å². The van der Waals surface area contributed by atoms with Gasteiger partial charge in [0.2, 0.25) is 0 Å². The molecule has 5 nitrogen and oxygen atoms in total. The Balaban J connectivity index is 2.47. The van der Waals surface area contributed by atoms with Gasteiger partial charge in [-0.25, -0.2) is 0 Å². The van der Waals surface area contributed by atoms with Crippen molar-refractivity contribution in [3.05, 3.63) is 59.0 Å². The summed E-state index contributed by atoms with van der Waals surface area (Å²) >= 11 is -2.40. The molecule has 0 aliphatic heterocycles. The van der Waals surface area contributed by atoms with Gasteiger partial charge in [-0.1, -0.05) is 18.2 Å². The van der Waals surface area contributed by atoms with E-state index < -0.39 is 11.3 Å². The van der Waals surface area contributed by atoms with Crippen molar-refractivity contribution in [3.8, 4) is 5.69 Å². The molecule has 0 saturated heterocycles. The smallest absolute Gasteiger partial charge is 0.255 e. The van der Waals surface area contributed by atoms with E-state index in [1.54, 1.807) is 24.3 Å². The molecule has 1 atom stereocenters. The third-order valence-electron chi connectivity index (χ3n) is 2.15. The molecule has 0 saturated carbocycles. The molecule has 2 rings (SSSR count). The fourth-order valence-electron chi connectivity index (χ4n) is 1.43. The molecule has 0 radical (unpaired) electrons. The summed E-state index contributed by atoms with van der Waals surface area (Å²) in [5, 5.41) is 0. The zero-order chi connectivity index (χ0) is 12.3. The lowest BCUT2D eigenvalue weighted by Gasteiger charge is -2.11. The van der Waals surface area contributed by atoms with Crippen molar-refractivity contribution in [2.75, 3.05) is 4.72 Å². The van der Waals surface area contributed by atoms with Crippen LogP contribution < -0.4 is 10.3 Å². The molecule has 2 aromatic rings. The molecule has 0 bridgehead atoms. The molecule has 1 heterocycles. The van der Waals surface area contributed by atoms with Crippen LogP contribution in [0.4, 0.5) is 5.69 Å². The second-order valence-electron chi connectivity index (χ2n) is 3.30. The van der Waals surface area contributed by atoms with E-state index >= 15 is 0 Å². The summed E-state index contributed by atoms with van der Waals surface area (Å²) < 4.78 is 24.6. The Kier molecular flexibility index (Phi) is 3.36. The number of nitrogens with zero attached hydrogens (tertiary/aromatic N) is 1. The van der Waals surface area contributed by atoms with Crippen LogP contribution in [0.15, 0.2) is 53.5 Å². The van der Waals surface area contributed by atoms with E-state index in [0.29, 0.717) is 11.4 Å². The summed E-state index contributed by atoms with van der Waals surface area (Å²) in [7, 11) is 0. The minimum atomic E-state index is -2.40. The number of nitrogens with one attached hydrogen (secondary N) is 1. The van der Waals surface area contributed by atoms with Crippen molar-refractivity contribution in [1.29, 1.82) is 0 Å². The Morgan fingerprint density at radius 3 is 2.47 bits per heavy atom. The van der Waals surface area contributed by atoms with E-state index in [9.17, 15) is 13.6 Å². The molecular weight excluding hydrogens is 240 g/mol. The Morgan fingerprint density at radius 2 is 1.82 bits per heavy atom. The van der Waals surface area contributed by atoms with E-state index in [1.807, 2.05) is 6.07 Å². The van der Waals surface area contributed by atoms with E-state index in [0.717, 1.165) is 0 Å². The predicted octanol–water partition coefficient (Wildman–Crippen LogP) is 1.04. The minimum Gasteiger partial charge on any atom is -0.755 e. The van der Waals surface area contributed by atoms with Crippen LogP contribution in [0.1, 0.15) is 0 Å². The van der Waals surface area contributed by atoms with Crippen LogP contribution in [-0.4, -0.2) is 13.3 Å². The summed E-state index contributed by atoms with van der Waals surface area (Å²) in [5.41, 5.74) is 0.790. The zero-order valence-electron chi connectivity index (χ0n) is 8.70. The largest absolute Gasteiger partial charge is 0.755 e. The number of pyridine rings is 1. The molecule has 1 aromatic carbocycles. The highest BCUT2D eigenvalue weighted by molar-refractivity contribution is 7.80. The second-order valence-corrected chi connectivity index (χ2v) is 3.97. The quantitative estimate of drug-likeness (QED) is 0.826. The van der Waals surface area contributed by atoms with Crippen molar-refractivity contribution in [2.45, 2.75) is 0 Å². The van der Waals surface area contributed by atoms with Crippen molar-refractivity contribution in [1.82, 2.24) is 4.57 Å². The first-order chi connectivity index (χ1) is 8.16. The zero-order valence-corrected chi connectivity index (χ0v) is 9.52. The van der Waals surface area contributed by atoms with Crippen LogP contribution >= 0.6 is 0 Å². The molecule has 1 unspecified atom stereocenters. The summed E-state index contributed by atoms with van der Waals surface area (Å²) in [5.74, 6) is 0. The number of anilines is 1. The van der Waals surface area contributed by atoms with Gasteiger partial charge in [-0.15, -0.1) is 0 Å². The number of hydrogen-bond donors (Lipinski definition) is 1. The molecule has 0 fully saturated rings. The van der Waals surface area contributed by atoms with Crippen molar-refractivity contribution < 1.29 is 8.76 Å². The van der Waals surface area contributed by atoms with Crippen LogP contribution in [-0.2, 0) is 11.3 Å². The molecular formula is C11H9N2O3S-. The molecule has 1 N–H and O–H groups in total.